The van der Waals surface area contributed by atoms with E-state index in [4.69, 9.17) is 23.2 Å². The molecule has 0 N–H and O–H groups in total. The molecule has 0 amide bonds. The number of benzene rings is 1. The van der Waals surface area contributed by atoms with Crippen LogP contribution in [0.3, 0.4) is 0 Å². The van der Waals surface area contributed by atoms with Crippen molar-refractivity contribution in [3.8, 4) is 0 Å². The summed E-state index contributed by atoms with van der Waals surface area (Å²) in [5.74, 6) is -1.29. The number of hydrogen-bond acceptors (Lipinski definition) is 4. The van der Waals surface area contributed by atoms with E-state index >= 15 is 0 Å². The van der Waals surface area contributed by atoms with E-state index in [-0.39, 0.29) is 18.7 Å². The van der Waals surface area contributed by atoms with Crippen molar-refractivity contribution in [1.82, 2.24) is 4.98 Å². The van der Waals surface area contributed by atoms with Gasteiger partial charge in [0.1, 0.15) is 4.88 Å². The van der Waals surface area contributed by atoms with Gasteiger partial charge in [-0.1, -0.05) is 41.0 Å². The van der Waals surface area contributed by atoms with E-state index in [1.807, 2.05) is 0 Å². The highest BCUT2D eigenvalue weighted by atomic mass is 35.5. The third-order valence-electron chi connectivity index (χ3n) is 2.90. The summed E-state index contributed by atoms with van der Waals surface area (Å²) in [6, 6.07) is 4.98. The second kappa shape index (κ2) is 9.47. The first-order valence-corrected chi connectivity index (χ1v) is 9.42. The zero-order chi connectivity index (χ0) is 18.4. The van der Waals surface area contributed by atoms with Crippen LogP contribution < -0.4 is 0 Å². The van der Waals surface area contributed by atoms with E-state index in [1.165, 1.54) is 23.7 Å². The standard InChI is InChI=1S/C15H11Cl2F3N2OS2/c16-11-2-1-3-12(17)10(11)8-22(23)7-9-6-21-15(25-9)24-5-4-13(18)14(19)20/h1-3,6-7H,4-5,8H2/b22-7-. The molecule has 0 atom stereocenters. The van der Waals surface area contributed by atoms with Crippen LogP contribution in [0.15, 0.2) is 40.6 Å². The van der Waals surface area contributed by atoms with Crippen molar-refractivity contribution in [2.75, 3.05) is 5.75 Å². The fraction of sp³-hybridized carbons (Fsp3) is 0.200. The first-order chi connectivity index (χ1) is 11.9. The SMILES string of the molecule is [O-]/[N+](=C\c1cnc(SCCC(F)=C(F)F)s1)Cc1c(Cl)cccc1Cl. The zero-order valence-corrected chi connectivity index (χ0v) is 15.7. The summed E-state index contributed by atoms with van der Waals surface area (Å²) >= 11 is 14.4. The minimum Gasteiger partial charge on any atom is -0.624 e. The summed E-state index contributed by atoms with van der Waals surface area (Å²) in [7, 11) is 0. The van der Waals surface area contributed by atoms with Crippen molar-refractivity contribution < 1.29 is 17.9 Å². The third-order valence-corrected chi connectivity index (χ3v) is 5.70. The van der Waals surface area contributed by atoms with Crippen LogP contribution in [0.4, 0.5) is 13.2 Å². The van der Waals surface area contributed by atoms with Gasteiger partial charge in [0, 0.05) is 12.2 Å². The van der Waals surface area contributed by atoms with Gasteiger partial charge in [-0.25, -0.2) is 14.1 Å². The Hall–Kier alpha value is -1.22. The van der Waals surface area contributed by atoms with Gasteiger partial charge in [-0.05, 0) is 12.1 Å². The Bertz CT molecular complexity index is 788. The highest BCUT2D eigenvalue weighted by Gasteiger charge is 2.11. The van der Waals surface area contributed by atoms with Crippen molar-refractivity contribution in [2.24, 2.45) is 0 Å². The number of thioether (sulfide) groups is 1. The highest BCUT2D eigenvalue weighted by molar-refractivity contribution is 8.01. The van der Waals surface area contributed by atoms with Gasteiger partial charge in [-0.3, -0.25) is 0 Å². The van der Waals surface area contributed by atoms with Gasteiger partial charge >= 0.3 is 6.08 Å². The van der Waals surface area contributed by atoms with Crippen molar-refractivity contribution in [3.63, 3.8) is 0 Å². The number of hydroxylamine groups is 1. The van der Waals surface area contributed by atoms with Crippen LogP contribution >= 0.6 is 46.3 Å². The molecule has 0 bridgehead atoms. The van der Waals surface area contributed by atoms with Crippen LogP contribution in [0.2, 0.25) is 10.0 Å². The van der Waals surface area contributed by atoms with E-state index in [9.17, 15) is 18.4 Å². The molecule has 134 valence electrons. The van der Waals surface area contributed by atoms with Crippen LogP contribution in [0, 0.1) is 5.21 Å². The van der Waals surface area contributed by atoms with Gasteiger partial charge in [0.15, 0.2) is 22.9 Å². The van der Waals surface area contributed by atoms with Gasteiger partial charge in [-0.2, -0.15) is 8.78 Å². The molecule has 0 saturated heterocycles. The van der Waals surface area contributed by atoms with E-state index in [2.05, 4.69) is 4.98 Å². The molecule has 1 aromatic carbocycles. The van der Waals surface area contributed by atoms with Crippen molar-refractivity contribution in [3.05, 3.63) is 62.0 Å². The van der Waals surface area contributed by atoms with Gasteiger partial charge in [-0.15, -0.1) is 11.3 Å². The lowest BCUT2D eigenvalue weighted by molar-refractivity contribution is -0.469. The number of aromatic nitrogens is 1. The molecule has 25 heavy (non-hydrogen) atoms. The molecule has 0 aliphatic rings. The van der Waals surface area contributed by atoms with E-state index in [1.54, 1.807) is 18.2 Å². The molecule has 0 unspecified atom stereocenters. The fourth-order valence-corrected chi connectivity index (χ4v) is 4.20. The number of allylic oxidation sites excluding steroid dienone is 1. The van der Waals surface area contributed by atoms with E-state index < -0.39 is 11.9 Å². The highest BCUT2D eigenvalue weighted by Crippen LogP contribution is 2.27. The number of thiazole rings is 1. The second-order valence-corrected chi connectivity index (χ2v) is 7.92. The van der Waals surface area contributed by atoms with Gasteiger partial charge < -0.3 is 5.21 Å². The van der Waals surface area contributed by atoms with E-state index in [0.717, 1.165) is 11.8 Å². The first kappa shape index (κ1) is 20.1. The minimum absolute atomic E-state index is 0.0231. The maximum Gasteiger partial charge on any atom is 0.301 e. The molecule has 2 rings (SSSR count). The second-order valence-electron chi connectivity index (χ2n) is 4.70. The maximum atomic E-state index is 12.7. The molecule has 0 spiro atoms. The average molecular weight is 427 g/mol. The van der Waals surface area contributed by atoms with Gasteiger partial charge in [0.2, 0.25) is 0 Å². The monoisotopic (exact) mass is 426 g/mol. The van der Waals surface area contributed by atoms with Crippen LogP contribution in [-0.2, 0) is 6.54 Å². The third kappa shape index (κ3) is 6.22. The molecule has 1 heterocycles. The quantitative estimate of drug-likeness (QED) is 0.175. The van der Waals surface area contributed by atoms with Crippen molar-refractivity contribution >= 4 is 52.5 Å². The smallest absolute Gasteiger partial charge is 0.301 e. The van der Waals surface area contributed by atoms with Crippen LogP contribution in [0.25, 0.3) is 0 Å². The largest absolute Gasteiger partial charge is 0.624 e. The minimum atomic E-state index is -2.30. The molecular formula is C15H11Cl2F3N2OS2. The Morgan fingerprint density at radius 2 is 1.96 bits per heavy atom. The molecule has 0 saturated carbocycles. The number of nitrogens with zero attached hydrogens (tertiary/aromatic N) is 2. The zero-order valence-electron chi connectivity index (χ0n) is 12.5. The lowest BCUT2D eigenvalue weighted by Crippen LogP contribution is -2.06. The Kier molecular flexibility index (Phi) is 7.61. The summed E-state index contributed by atoms with van der Waals surface area (Å²) in [6.07, 6.45) is 0.149. The van der Waals surface area contributed by atoms with E-state index in [0.29, 0.717) is 29.6 Å². The molecule has 0 aliphatic carbocycles. The average Bonchev–Trinajstić information content (AvgIpc) is 2.98. The van der Waals surface area contributed by atoms with Gasteiger partial charge in [0.05, 0.1) is 21.8 Å². The van der Waals surface area contributed by atoms with Crippen LogP contribution in [0.5, 0.6) is 0 Å². The predicted molar refractivity (Wildman–Crippen MR) is 96.8 cm³/mol. The lowest BCUT2D eigenvalue weighted by Gasteiger charge is -2.07. The summed E-state index contributed by atoms with van der Waals surface area (Å²) in [4.78, 5) is 4.64. The Morgan fingerprint density at radius 3 is 2.60 bits per heavy atom. The predicted octanol–water partition coefficient (Wildman–Crippen LogP) is 6.14. The molecule has 3 nitrogen and oxygen atoms in total. The summed E-state index contributed by atoms with van der Waals surface area (Å²) in [5, 5.41) is 12.9. The molecule has 2 aromatic rings. The molecule has 10 heteroatoms. The summed E-state index contributed by atoms with van der Waals surface area (Å²) in [6.45, 7) is -0.0231. The van der Waals surface area contributed by atoms with Gasteiger partial charge in [0.25, 0.3) is 0 Å². The molecular weight excluding hydrogens is 416 g/mol. The molecule has 1 aromatic heterocycles. The summed E-state index contributed by atoms with van der Waals surface area (Å²) in [5.41, 5.74) is 0.520. The Labute approximate surface area is 160 Å². The normalized spacial score (nSPS) is 11.6. The number of halogens is 5. The lowest BCUT2D eigenvalue weighted by atomic mass is 10.2. The topological polar surface area (TPSA) is 39.0 Å². The molecule has 0 radical (unpaired) electrons. The van der Waals surface area contributed by atoms with Crippen molar-refractivity contribution in [1.29, 1.82) is 0 Å². The maximum absolute atomic E-state index is 12.7. The van der Waals surface area contributed by atoms with Crippen LogP contribution in [0.1, 0.15) is 16.9 Å². The number of hydrogen-bond donors (Lipinski definition) is 0. The Morgan fingerprint density at radius 1 is 1.28 bits per heavy atom. The van der Waals surface area contributed by atoms with Crippen molar-refractivity contribution in [2.45, 2.75) is 17.3 Å². The first-order valence-electron chi connectivity index (χ1n) is 6.86. The fourth-order valence-electron chi connectivity index (χ4n) is 1.75. The van der Waals surface area contributed by atoms with Crippen LogP contribution in [-0.4, -0.2) is 21.7 Å². The summed E-state index contributed by atoms with van der Waals surface area (Å²) < 4.78 is 37.8. The Balaban J connectivity index is 1.97. The molecule has 0 aliphatic heterocycles. The number of rotatable bonds is 7. The molecule has 0 fully saturated rings.